The van der Waals surface area contributed by atoms with Gasteiger partial charge < -0.3 is 19.7 Å². The Labute approximate surface area is 369 Å². The van der Waals surface area contributed by atoms with Crippen LogP contribution < -0.4 is 18.9 Å². The van der Waals surface area contributed by atoms with Crippen LogP contribution in [0.2, 0.25) is 0 Å². The minimum atomic E-state index is -5.04. The Balaban J connectivity index is 0.000000241. The minimum Gasteiger partial charge on any atom is -0.494 e. The lowest BCUT2D eigenvalue weighted by Crippen LogP contribution is -2.20. The van der Waals surface area contributed by atoms with Gasteiger partial charge in [0, 0.05) is 11.4 Å². The molecule has 64 heavy (non-hydrogen) atoms. The monoisotopic (exact) mass is 918 g/mol. The lowest BCUT2D eigenvalue weighted by Gasteiger charge is -2.15. The van der Waals surface area contributed by atoms with Crippen LogP contribution >= 0.6 is 0 Å². The highest BCUT2D eigenvalue weighted by atomic mass is 32.2. The number of anilines is 2. The van der Waals surface area contributed by atoms with Gasteiger partial charge in [0.05, 0.1) is 22.6 Å². The third kappa shape index (κ3) is 14.9. The number of unbranched alkanes of at least 4 members (excludes halogenated alkanes) is 1. The second-order valence-corrected chi connectivity index (χ2v) is 17.6. The van der Waals surface area contributed by atoms with E-state index in [0.717, 1.165) is 47.2 Å². The first-order valence-corrected chi connectivity index (χ1v) is 22.8. The summed E-state index contributed by atoms with van der Waals surface area (Å²) in [5, 5.41) is 18.2. The molecule has 6 rings (SSSR count). The van der Waals surface area contributed by atoms with Gasteiger partial charge in [-0.1, -0.05) is 74.0 Å². The van der Waals surface area contributed by atoms with Crippen molar-refractivity contribution in [2.75, 3.05) is 16.1 Å². The third-order valence-corrected chi connectivity index (χ3v) is 12.2. The fraction of sp³-hybridized carbons (Fsp3) is 0.191. The smallest absolute Gasteiger partial charge is 0.494 e. The molecule has 0 spiro atoms. The van der Waals surface area contributed by atoms with Crippen molar-refractivity contribution in [3.05, 3.63) is 179 Å². The number of aryl methyl sites for hydroxylation is 4. The molecule has 4 N–H and O–H groups in total. The van der Waals surface area contributed by atoms with Crippen LogP contribution in [-0.2, 0) is 45.7 Å². The maximum Gasteiger partial charge on any atom is 0.573 e. The van der Waals surface area contributed by atoms with E-state index in [4.69, 9.17) is 14.9 Å². The Morgan fingerprint density at radius 1 is 0.578 bits per heavy atom. The third-order valence-electron chi connectivity index (χ3n) is 9.38. The molecule has 0 saturated carbocycles. The van der Waals surface area contributed by atoms with Gasteiger partial charge in [-0.05, 0) is 139 Å². The van der Waals surface area contributed by atoms with Crippen LogP contribution in [0.25, 0.3) is 0 Å². The molecule has 0 fully saturated rings. The molecule has 6 aromatic carbocycles. The molecule has 0 radical (unpaired) electrons. The second-order valence-electron chi connectivity index (χ2n) is 14.3. The maximum absolute atomic E-state index is 12.8. The fourth-order valence-electron chi connectivity index (χ4n) is 6.23. The van der Waals surface area contributed by atoms with Crippen LogP contribution in [-0.4, -0.2) is 52.0 Å². The Morgan fingerprint density at radius 3 is 1.50 bits per heavy atom. The number of para-hydroxylation sites is 1. The normalized spacial score (nSPS) is 11.4. The van der Waals surface area contributed by atoms with Gasteiger partial charge >= 0.3 is 18.3 Å². The zero-order valence-corrected chi connectivity index (χ0v) is 36.0. The SMILES string of the molecule is CCCCOc1ccc(S(=O)(=O)Nc2cccc(CCc3cccc(C(=O)O)c3)c2)cc1.O=C(O)c1cccc(CCc2cccc(NS(=O)(=O)c3ccccc3OC(F)(F)F)c2)c1. The summed E-state index contributed by atoms with van der Waals surface area (Å²) in [6, 6.07) is 37.8. The predicted molar refractivity (Wildman–Crippen MR) is 236 cm³/mol. The number of rotatable bonds is 19. The summed E-state index contributed by atoms with van der Waals surface area (Å²) in [7, 11) is -8.08. The summed E-state index contributed by atoms with van der Waals surface area (Å²) >= 11 is 0. The molecule has 0 aliphatic heterocycles. The van der Waals surface area contributed by atoms with Crippen molar-refractivity contribution in [3.8, 4) is 11.5 Å². The van der Waals surface area contributed by atoms with Crippen molar-refractivity contribution in [2.45, 2.75) is 61.6 Å². The number of hydrogen-bond acceptors (Lipinski definition) is 8. The van der Waals surface area contributed by atoms with Gasteiger partial charge in [-0.15, -0.1) is 13.2 Å². The Morgan fingerprint density at radius 2 is 1.03 bits per heavy atom. The molecular weight excluding hydrogens is 874 g/mol. The number of carboxylic acids is 2. The average Bonchev–Trinajstić information content (AvgIpc) is 3.25. The molecule has 17 heteroatoms. The van der Waals surface area contributed by atoms with E-state index in [2.05, 4.69) is 21.1 Å². The number of benzene rings is 6. The highest BCUT2D eigenvalue weighted by Gasteiger charge is 2.34. The molecule has 6 aromatic rings. The molecule has 0 saturated heterocycles. The molecule has 0 atom stereocenters. The number of nitrogens with one attached hydrogen (secondary N) is 2. The highest BCUT2D eigenvalue weighted by Crippen LogP contribution is 2.31. The van der Waals surface area contributed by atoms with Crippen molar-refractivity contribution in [2.24, 2.45) is 0 Å². The van der Waals surface area contributed by atoms with Crippen molar-refractivity contribution >= 4 is 43.4 Å². The van der Waals surface area contributed by atoms with E-state index in [1.165, 1.54) is 36.4 Å². The van der Waals surface area contributed by atoms with E-state index in [0.29, 0.717) is 43.7 Å². The molecular formula is C47H45F3N2O10S2. The van der Waals surface area contributed by atoms with E-state index < -0.39 is 49.0 Å². The number of sulfonamides is 2. The van der Waals surface area contributed by atoms with Gasteiger partial charge in [-0.25, -0.2) is 26.4 Å². The van der Waals surface area contributed by atoms with Crippen molar-refractivity contribution in [1.82, 2.24) is 0 Å². The molecule has 0 unspecified atom stereocenters. The summed E-state index contributed by atoms with van der Waals surface area (Å²) in [6.45, 7) is 2.69. The topological polar surface area (TPSA) is 185 Å². The molecule has 0 aliphatic rings. The lowest BCUT2D eigenvalue weighted by molar-refractivity contribution is -0.275. The van der Waals surface area contributed by atoms with Gasteiger partial charge in [-0.2, -0.15) is 0 Å². The summed E-state index contributed by atoms with van der Waals surface area (Å²) in [4.78, 5) is 21.7. The first kappa shape index (κ1) is 48.2. The van der Waals surface area contributed by atoms with Crippen LogP contribution in [0.5, 0.6) is 11.5 Å². The standard InChI is InChI=1S/C25H27NO5S.C22H18F3NO5S/c1-2-3-16-31-23-12-14-24(15-13-23)32(29,30)26-22-9-5-7-20(18-22)11-10-19-6-4-8-21(17-19)25(27)28;23-22(24,25)31-19-9-1-2-10-20(19)32(29,30)26-18-8-4-6-16(14-18)12-11-15-5-3-7-17(13-15)21(27)28/h4-9,12-15,17-18,26H,2-3,10-11,16H2,1H3,(H,27,28);1-10,13-14,26H,11-12H2,(H,27,28). The quantitative estimate of drug-likeness (QED) is 0.0570. The number of carbonyl (C=O) groups is 2. The lowest BCUT2D eigenvalue weighted by atomic mass is 10.0. The van der Waals surface area contributed by atoms with Crippen LogP contribution in [0.15, 0.2) is 155 Å². The van der Waals surface area contributed by atoms with Crippen molar-refractivity contribution in [3.63, 3.8) is 0 Å². The molecule has 0 aliphatic carbocycles. The Hall–Kier alpha value is -6.85. The second kappa shape index (κ2) is 22.0. The summed E-state index contributed by atoms with van der Waals surface area (Å²) in [5.74, 6) is -2.17. The maximum atomic E-state index is 12.8. The summed E-state index contributed by atoms with van der Waals surface area (Å²) in [6.07, 6.45) is -0.748. The van der Waals surface area contributed by atoms with E-state index in [1.54, 1.807) is 84.9 Å². The van der Waals surface area contributed by atoms with E-state index in [-0.39, 0.29) is 21.7 Å². The fourth-order valence-corrected chi connectivity index (χ4v) is 8.46. The molecule has 336 valence electrons. The van der Waals surface area contributed by atoms with Gasteiger partial charge in [0.1, 0.15) is 16.4 Å². The Bertz CT molecular complexity index is 2770. The highest BCUT2D eigenvalue weighted by molar-refractivity contribution is 7.93. The van der Waals surface area contributed by atoms with E-state index in [9.17, 15) is 39.6 Å². The van der Waals surface area contributed by atoms with Crippen LogP contribution in [0.1, 0.15) is 62.7 Å². The number of hydrogen-bond donors (Lipinski definition) is 4. The zero-order valence-electron chi connectivity index (χ0n) is 34.4. The van der Waals surface area contributed by atoms with E-state index in [1.807, 2.05) is 12.1 Å². The van der Waals surface area contributed by atoms with Crippen LogP contribution in [0.3, 0.4) is 0 Å². The molecule has 0 bridgehead atoms. The number of aromatic carboxylic acids is 2. The first-order chi connectivity index (χ1) is 30.4. The largest absolute Gasteiger partial charge is 0.573 e. The number of carboxylic acid groups (broad SMARTS) is 2. The summed E-state index contributed by atoms with van der Waals surface area (Å²) < 4.78 is 103. The predicted octanol–water partition coefficient (Wildman–Crippen LogP) is 10.0. The van der Waals surface area contributed by atoms with Crippen molar-refractivity contribution in [1.29, 1.82) is 0 Å². The number of ether oxygens (including phenoxy) is 2. The molecule has 12 nitrogen and oxygen atoms in total. The molecule has 0 aromatic heterocycles. The van der Waals surface area contributed by atoms with Gasteiger partial charge in [0.15, 0.2) is 0 Å². The van der Waals surface area contributed by atoms with Crippen LogP contribution in [0, 0.1) is 0 Å². The Kier molecular flexibility index (Phi) is 16.5. The zero-order chi connectivity index (χ0) is 46.3. The minimum absolute atomic E-state index is 0.163. The van der Waals surface area contributed by atoms with Gasteiger partial charge in [0.2, 0.25) is 0 Å². The van der Waals surface area contributed by atoms with E-state index >= 15 is 0 Å². The van der Waals surface area contributed by atoms with Crippen molar-refractivity contribution < 1.29 is 59.3 Å². The van der Waals surface area contributed by atoms with Crippen LogP contribution in [0.4, 0.5) is 24.5 Å². The summed E-state index contributed by atoms with van der Waals surface area (Å²) in [5.41, 5.74) is 4.49. The average molecular weight is 919 g/mol. The number of alkyl halides is 3. The molecule has 0 heterocycles. The number of halogens is 3. The van der Waals surface area contributed by atoms with Gasteiger partial charge in [0.25, 0.3) is 20.0 Å². The molecule has 0 amide bonds. The first-order valence-electron chi connectivity index (χ1n) is 19.9. The van der Waals surface area contributed by atoms with Gasteiger partial charge in [-0.3, -0.25) is 9.44 Å².